The number of carbonyl (C=O) groups excluding carboxylic acids is 2. The van der Waals surface area contributed by atoms with Gasteiger partial charge in [0, 0.05) is 25.1 Å². The Bertz CT molecular complexity index is 622. The van der Waals surface area contributed by atoms with E-state index in [9.17, 15) is 9.59 Å². The van der Waals surface area contributed by atoms with Crippen molar-refractivity contribution < 1.29 is 14.3 Å². The Morgan fingerprint density at radius 1 is 1.40 bits per heavy atom. The van der Waals surface area contributed by atoms with Crippen molar-refractivity contribution in [1.82, 2.24) is 25.4 Å². The molecule has 1 spiro atoms. The van der Waals surface area contributed by atoms with E-state index in [2.05, 4.69) is 20.5 Å². The molecule has 25 heavy (non-hydrogen) atoms. The summed E-state index contributed by atoms with van der Waals surface area (Å²) in [6.07, 6.45) is 7.48. The number of ether oxygens (including phenoxy) is 1. The largest absolute Gasteiger partial charge is 0.378 e. The SMILES string of the molecule is O=C(Cc1ncn[nH]1)NC1CN(C(=O)CC2CCCCO2)CC12CC2. The first kappa shape index (κ1) is 16.5. The van der Waals surface area contributed by atoms with E-state index in [1.807, 2.05) is 4.90 Å². The van der Waals surface area contributed by atoms with Crippen molar-refractivity contribution in [3.63, 3.8) is 0 Å². The molecular weight excluding hydrogens is 322 g/mol. The smallest absolute Gasteiger partial charge is 0.227 e. The number of carbonyl (C=O) groups is 2. The van der Waals surface area contributed by atoms with Crippen LogP contribution in [0.4, 0.5) is 0 Å². The molecule has 3 aliphatic rings. The quantitative estimate of drug-likeness (QED) is 0.804. The van der Waals surface area contributed by atoms with Crippen LogP contribution in [0.3, 0.4) is 0 Å². The molecule has 4 rings (SSSR count). The molecule has 3 heterocycles. The van der Waals surface area contributed by atoms with Crippen LogP contribution in [0.5, 0.6) is 0 Å². The molecule has 1 aliphatic carbocycles. The number of nitrogens with zero attached hydrogens (tertiary/aromatic N) is 3. The van der Waals surface area contributed by atoms with Gasteiger partial charge in [-0.3, -0.25) is 14.7 Å². The van der Waals surface area contributed by atoms with E-state index < -0.39 is 0 Å². The molecule has 8 nitrogen and oxygen atoms in total. The van der Waals surface area contributed by atoms with E-state index in [4.69, 9.17) is 4.74 Å². The Morgan fingerprint density at radius 3 is 2.96 bits per heavy atom. The van der Waals surface area contributed by atoms with Gasteiger partial charge in [-0.25, -0.2) is 4.98 Å². The highest BCUT2D eigenvalue weighted by Gasteiger charge is 2.56. The molecule has 0 aromatic carbocycles. The van der Waals surface area contributed by atoms with Crippen molar-refractivity contribution in [2.24, 2.45) is 5.41 Å². The number of H-pyrrole nitrogens is 1. The van der Waals surface area contributed by atoms with Crippen LogP contribution in [-0.2, 0) is 20.7 Å². The molecule has 2 aliphatic heterocycles. The predicted octanol–water partition coefficient (Wildman–Crippen LogP) is 0.414. The van der Waals surface area contributed by atoms with E-state index in [0.717, 1.165) is 45.3 Å². The molecule has 0 radical (unpaired) electrons. The summed E-state index contributed by atoms with van der Waals surface area (Å²) >= 11 is 0. The van der Waals surface area contributed by atoms with Gasteiger partial charge in [-0.15, -0.1) is 0 Å². The summed E-state index contributed by atoms with van der Waals surface area (Å²) in [5.41, 5.74) is 0.0835. The first-order chi connectivity index (χ1) is 12.1. The minimum atomic E-state index is -0.0714. The summed E-state index contributed by atoms with van der Waals surface area (Å²) in [5, 5.41) is 9.57. The van der Waals surface area contributed by atoms with Crippen LogP contribution in [0.2, 0.25) is 0 Å². The van der Waals surface area contributed by atoms with Crippen LogP contribution < -0.4 is 5.32 Å². The van der Waals surface area contributed by atoms with Crippen molar-refractivity contribution >= 4 is 11.8 Å². The molecule has 1 aromatic heterocycles. The number of hydrogen-bond donors (Lipinski definition) is 2. The van der Waals surface area contributed by atoms with E-state index in [1.165, 1.54) is 6.33 Å². The molecule has 2 N–H and O–H groups in total. The second-order valence-corrected chi connectivity index (χ2v) is 7.56. The lowest BCUT2D eigenvalue weighted by molar-refractivity contribution is -0.134. The monoisotopic (exact) mass is 347 g/mol. The number of aromatic amines is 1. The average molecular weight is 347 g/mol. The van der Waals surface area contributed by atoms with Gasteiger partial charge >= 0.3 is 0 Å². The number of nitrogens with one attached hydrogen (secondary N) is 2. The molecular formula is C17H25N5O3. The second kappa shape index (κ2) is 6.74. The second-order valence-electron chi connectivity index (χ2n) is 7.56. The van der Waals surface area contributed by atoms with Gasteiger partial charge in [-0.1, -0.05) is 0 Å². The third kappa shape index (κ3) is 3.68. The van der Waals surface area contributed by atoms with Crippen LogP contribution >= 0.6 is 0 Å². The summed E-state index contributed by atoms with van der Waals surface area (Å²) in [6.45, 7) is 2.13. The number of aromatic nitrogens is 3. The number of rotatable bonds is 5. The van der Waals surface area contributed by atoms with E-state index in [0.29, 0.717) is 18.8 Å². The number of amides is 2. The molecule has 1 aromatic rings. The van der Waals surface area contributed by atoms with Gasteiger partial charge in [0.05, 0.1) is 25.0 Å². The Labute approximate surface area is 146 Å². The van der Waals surface area contributed by atoms with Gasteiger partial charge < -0.3 is 15.0 Å². The van der Waals surface area contributed by atoms with Crippen LogP contribution in [0, 0.1) is 5.41 Å². The van der Waals surface area contributed by atoms with Crippen molar-refractivity contribution in [3.05, 3.63) is 12.2 Å². The van der Waals surface area contributed by atoms with Gasteiger partial charge in [0.1, 0.15) is 12.2 Å². The van der Waals surface area contributed by atoms with Crippen LogP contribution in [-0.4, -0.2) is 63.7 Å². The Kier molecular flexibility index (Phi) is 4.45. The lowest BCUT2D eigenvalue weighted by Gasteiger charge is -2.24. The fourth-order valence-corrected chi connectivity index (χ4v) is 4.03. The molecule has 2 amide bonds. The van der Waals surface area contributed by atoms with Crippen LogP contribution in [0.25, 0.3) is 0 Å². The van der Waals surface area contributed by atoms with Crippen molar-refractivity contribution in [1.29, 1.82) is 0 Å². The molecule has 2 saturated heterocycles. The van der Waals surface area contributed by atoms with Crippen molar-refractivity contribution in [3.8, 4) is 0 Å². The van der Waals surface area contributed by atoms with Crippen LogP contribution in [0.1, 0.15) is 44.3 Å². The highest BCUT2D eigenvalue weighted by Crippen LogP contribution is 2.52. The third-order valence-electron chi connectivity index (χ3n) is 5.70. The normalized spacial score (nSPS) is 27.4. The zero-order chi connectivity index (χ0) is 17.3. The van der Waals surface area contributed by atoms with E-state index in [-0.39, 0.29) is 35.8 Å². The molecule has 136 valence electrons. The maximum absolute atomic E-state index is 12.6. The topological polar surface area (TPSA) is 100 Å². The van der Waals surface area contributed by atoms with E-state index in [1.54, 1.807) is 0 Å². The summed E-state index contributed by atoms with van der Waals surface area (Å²) in [7, 11) is 0. The zero-order valence-electron chi connectivity index (χ0n) is 14.4. The lowest BCUT2D eigenvalue weighted by Crippen LogP contribution is -2.42. The first-order valence-electron chi connectivity index (χ1n) is 9.18. The summed E-state index contributed by atoms with van der Waals surface area (Å²) in [6, 6.07) is 0.0409. The Morgan fingerprint density at radius 2 is 2.28 bits per heavy atom. The van der Waals surface area contributed by atoms with Gasteiger partial charge in [-0.2, -0.15) is 5.10 Å². The third-order valence-corrected chi connectivity index (χ3v) is 5.70. The summed E-state index contributed by atoms with van der Waals surface area (Å²) < 4.78 is 5.69. The van der Waals surface area contributed by atoms with Crippen LogP contribution in [0.15, 0.2) is 6.33 Å². The lowest BCUT2D eigenvalue weighted by atomic mass is 10.0. The molecule has 8 heteroatoms. The maximum Gasteiger partial charge on any atom is 0.227 e. The predicted molar refractivity (Wildman–Crippen MR) is 88.5 cm³/mol. The summed E-state index contributed by atoms with van der Waals surface area (Å²) in [5.74, 6) is 0.644. The van der Waals surface area contributed by atoms with Crippen molar-refractivity contribution in [2.75, 3.05) is 19.7 Å². The molecule has 0 bridgehead atoms. The molecule has 2 atom stereocenters. The van der Waals surface area contributed by atoms with Gasteiger partial charge in [0.15, 0.2) is 0 Å². The average Bonchev–Trinajstić information content (AvgIpc) is 3.03. The van der Waals surface area contributed by atoms with E-state index >= 15 is 0 Å². The first-order valence-corrected chi connectivity index (χ1v) is 9.18. The number of hydrogen-bond acceptors (Lipinski definition) is 5. The standard InChI is InChI=1S/C17H25N5O3/c23-15(8-14-18-11-19-21-14)20-13-9-22(10-17(13)4-5-17)16(24)7-12-3-1-2-6-25-12/h11-13H,1-10H2,(H,20,23)(H,18,19,21). The molecule has 3 fully saturated rings. The van der Waals surface area contributed by atoms with Crippen molar-refractivity contribution in [2.45, 2.75) is 57.1 Å². The highest BCUT2D eigenvalue weighted by molar-refractivity contribution is 5.80. The Hall–Kier alpha value is -1.96. The highest BCUT2D eigenvalue weighted by atomic mass is 16.5. The Balaban J connectivity index is 1.31. The molecule has 1 saturated carbocycles. The fraction of sp³-hybridized carbons (Fsp3) is 0.765. The van der Waals surface area contributed by atoms with Gasteiger partial charge in [0.2, 0.25) is 11.8 Å². The minimum Gasteiger partial charge on any atom is -0.378 e. The minimum absolute atomic E-state index is 0.0409. The van der Waals surface area contributed by atoms with Gasteiger partial charge in [0.25, 0.3) is 0 Å². The number of likely N-dealkylation sites (tertiary alicyclic amines) is 1. The summed E-state index contributed by atoms with van der Waals surface area (Å²) in [4.78, 5) is 30.8. The zero-order valence-corrected chi connectivity index (χ0v) is 14.4. The fourth-order valence-electron chi connectivity index (χ4n) is 4.03. The van der Waals surface area contributed by atoms with Gasteiger partial charge in [-0.05, 0) is 32.1 Å². The maximum atomic E-state index is 12.6. The molecule has 2 unspecified atom stereocenters.